The fourth-order valence-corrected chi connectivity index (χ4v) is 1.24. The molecule has 1 N–H and O–H groups in total. The van der Waals surface area contributed by atoms with Gasteiger partial charge in [0.05, 0.1) is 39.6 Å². The highest BCUT2D eigenvalue weighted by atomic mass is 19.1. The summed E-state index contributed by atoms with van der Waals surface area (Å²) in [4.78, 5) is 21.8. The number of carbonyl (C=O) groups is 2. The van der Waals surface area contributed by atoms with E-state index in [1.54, 1.807) is 13.8 Å². The molecule has 0 aromatic carbocycles. The first kappa shape index (κ1) is 19.9. The van der Waals surface area contributed by atoms with Crippen molar-refractivity contribution in [2.75, 3.05) is 46.2 Å². The highest BCUT2D eigenvalue weighted by Gasteiger charge is 2.11. The predicted molar refractivity (Wildman–Crippen MR) is 75.9 cm³/mol. The van der Waals surface area contributed by atoms with Crippen molar-refractivity contribution in [3.05, 3.63) is 0 Å². The fraction of sp³-hybridized carbons (Fsp3) is 0.857. The summed E-state index contributed by atoms with van der Waals surface area (Å²) < 4.78 is 28.6. The van der Waals surface area contributed by atoms with Crippen molar-refractivity contribution in [1.29, 1.82) is 0 Å². The Morgan fingerprint density at radius 3 is 2.19 bits per heavy atom. The SMILES string of the molecule is CC(=O)COCCOCCOCC(F)CNC(=O)C(C)C. The first-order valence-corrected chi connectivity index (χ1v) is 7.08. The number of ketones is 1. The van der Waals surface area contributed by atoms with Gasteiger partial charge in [0.25, 0.3) is 0 Å². The lowest BCUT2D eigenvalue weighted by atomic mass is 10.2. The maximum absolute atomic E-state index is 13.3. The second-order valence-electron chi connectivity index (χ2n) is 4.94. The number of amides is 1. The highest BCUT2D eigenvalue weighted by Crippen LogP contribution is 1.94. The van der Waals surface area contributed by atoms with Crippen molar-refractivity contribution in [1.82, 2.24) is 5.32 Å². The highest BCUT2D eigenvalue weighted by molar-refractivity contribution is 5.77. The van der Waals surface area contributed by atoms with E-state index in [9.17, 15) is 14.0 Å². The smallest absolute Gasteiger partial charge is 0.222 e. The van der Waals surface area contributed by atoms with Crippen molar-refractivity contribution in [3.63, 3.8) is 0 Å². The molecular weight excluding hydrogens is 281 g/mol. The molecule has 1 amide bonds. The van der Waals surface area contributed by atoms with E-state index in [4.69, 9.17) is 14.2 Å². The molecule has 0 bridgehead atoms. The third-order valence-corrected chi connectivity index (χ3v) is 2.37. The van der Waals surface area contributed by atoms with E-state index in [1.165, 1.54) is 6.92 Å². The van der Waals surface area contributed by atoms with E-state index in [0.29, 0.717) is 19.8 Å². The minimum atomic E-state index is -1.23. The van der Waals surface area contributed by atoms with Crippen LogP contribution in [0.25, 0.3) is 0 Å². The van der Waals surface area contributed by atoms with Crippen LogP contribution in [0.5, 0.6) is 0 Å². The van der Waals surface area contributed by atoms with E-state index in [0.717, 1.165) is 0 Å². The third kappa shape index (κ3) is 13.7. The van der Waals surface area contributed by atoms with Crippen LogP contribution in [-0.4, -0.2) is 64.0 Å². The van der Waals surface area contributed by atoms with Crippen molar-refractivity contribution < 1.29 is 28.2 Å². The molecule has 0 heterocycles. The van der Waals surface area contributed by atoms with Crippen LogP contribution in [0.2, 0.25) is 0 Å². The minimum absolute atomic E-state index is 0.0307. The van der Waals surface area contributed by atoms with Gasteiger partial charge in [-0.2, -0.15) is 0 Å². The van der Waals surface area contributed by atoms with Crippen LogP contribution in [-0.2, 0) is 23.8 Å². The molecule has 0 aromatic rings. The van der Waals surface area contributed by atoms with E-state index in [-0.39, 0.29) is 44.0 Å². The third-order valence-electron chi connectivity index (χ3n) is 2.37. The van der Waals surface area contributed by atoms with Gasteiger partial charge >= 0.3 is 0 Å². The van der Waals surface area contributed by atoms with Crippen LogP contribution in [0, 0.1) is 5.92 Å². The second-order valence-corrected chi connectivity index (χ2v) is 4.94. The molecule has 0 aromatic heterocycles. The molecule has 0 saturated carbocycles. The zero-order valence-corrected chi connectivity index (χ0v) is 13.0. The molecule has 0 saturated heterocycles. The van der Waals surface area contributed by atoms with Crippen LogP contribution in [0.15, 0.2) is 0 Å². The van der Waals surface area contributed by atoms with Crippen LogP contribution in [0.1, 0.15) is 20.8 Å². The number of nitrogens with one attached hydrogen (secondary N) is 1. The average Bonchev–Trinajstić information content (AvgIpc) is 2.42. The number of hydrogen-bond donors (Lipinski definition) is 1. The fourth-order valence-electron chi connectivity index (χ4n) is 1.24. The van der Waals surface area contributed by atoms with Gasteiger partial charge in [-0.25, -0.2) is 4.39 Å². The van der Waals surface area contributed by atoms with Crippen LogP contribution >= 0.6 is 0 Å². The van der Waals surface area contributed by atoms with Gasteiger partial charge in [0, 0.05) is 5.92 Å². The van der Waals surface area contributed by atoms with Crippen LogP contribution in [0.4, 0.5) is 4.39 Å². The number of ether oxygens (including phenoxy) is 3. The van der Waals surface area contributed by atoms with Gasteiger partial charge < -0.3 is 19.5 Å². The van der Waals surface area contributed by atoms with Crippen molar-refractivity contribution in [2.24, 2.45) is 5.92 Å². The standard InChI is InChI=1S/C14H26FNO5/c1-11(2)14(18)16-8-13(15)10-21-7-5-19-4-6-20-9-12(3)17/h11,13H,4-10H2,1-3H3,(H,16,18). The summed E-state index contributed by atoms with van der Waals surface area (Å²) in [5, 5.41) is 2.50. The summed E-state index contributed by atoms with van der Waals surface area (Å²) in [5.74, 6) is -0.361. The summed E-state index contributed by atoms with van der Waals surface area (Å²) in [5.41, 5.74) is 0. The number of hydrogen-bond acceptors (Lipinski definition) is 5. The van der Waals surface area contributed by atoms with E-state index >= 15 is 0 Å². The Morgan fingerprint density at radius 1 is 1.05 bits per heavy atom. The maximum Gasteiger partial charge on any atom is 0.222 e. The molecule has 6 nitrogen and oxygen atoms in total. The molecule has 0 aliphatic carbocycles. The Balaban J connectivity index is 3.30. The van der Waals surface area contributed by atoms with Gasteiger partial charge in [0.1, 0.15) is 12.8 Å². The first-order valence-electron chi connectivity index (χ1n) is 7.08. The van der Waals surface area contributed by atoms with Gasteiger partial charge in [-0.3, -0.25) is 9.59 Å². The molecule has 0 aliphatic heterocycles. The normalized spacial score (nSPS) is 12.4. The Hall–Kier alpha value is -1.05. The molecule has 0 aliphatic rings. The van der Waals surface area contributed by atoms with Gasteiger partial charge in [0.2, 0.25) is 5.91 Å². The maximum atomic E-state index is 13.3. The Labute approximate surface area is 125 Å². The average molecular weight is 307 g/mol. The molecule has 0 rings (SSSR count). The predicted octanol–water partition coefficient (Wildman–Crippen LogP) is 0.735. The number of rotatable bonds is 13. The molecule has 124 valence electrons. The number of Topliss-reactive ketones (excluding diaryl/α,β-unsaturated/α-hetero) is 1. The minimum Gasteiger partial charge on any atom is -0.377 e. The summed E-state index contributed by atoms with van der Waals surface area (Å²) in [6, 6.07) is 0. The molecule has 0 radical (unpaired) electrons. The van der Waals surface area contributed by atoms with Crippen LogP contribution < -0.4 is 5.32 Å². The van der Waals surface area contributed by atoms with Gasteiger partial charge in [0.15, 0.2) is 5.78 Å². The van der Waals surface area contributed by atoms with Gasteiger partial charge in [-0.15, -0.1) is 0 Å². The molecule has 0 spiro atoms. The zero-order chi connectivity index (χ0) is 16.1. The van der Waals surface area contributed by atoms with E-state index in [2.05, 4.69) is 5.32 Å². The molecule has 21 heavy (non-hydrogen) atoms. The molecule has 1 unspecified atom stereocenters. The Kier molecular flexibility index (Phi) is 12.0. The summed E-state index contributed by atoms with van der Waals surface area (Å²) in [6.07, 6.45) is -1.23. The molecular formula is C14H26FNO5. The summed E-state index contributed by atoms with van der Waals surface area (Å²) in [7, 11) is 0. The lowest BCUT2D eigenvalue weighted by Gasteiger charge is -2.12. The lowest BCUT2D eigenvalue weighted by Crippen LogP contribution is -2.35. The van der Waals surface area contributed by atoms with Crippen molar-refractivity contribution in [2.45, 2.75) is 26.9 Å². The second kappa shape index (κ2) is 12.7. The largest absolute Gasteiger partial charge is 0.377 e. The van der Waals surface area contributed by atoms with Crippen LogP contribution in [0.3, 0.4) is 0 Å². The van der Waals surface area contributed by atoms with E-state index < -0.39 is 6.17 Å². The topological polar surface area (TPSA) is 73.9 Å². The summed E-state index contributed by atoms with van der Waals surface area (Å²) in [6.45, 7) is 6.20. The van der Waals surface area contributed by atoms with E-state index in [1.807, 2.05) is 0 Å². The molecule has 7 heteroatoms. The monoisotopic (exact) mass is 307 g/mol. The Bertz CT molecular complexity index is 299. The number of halogens is 1. The quantitative estimate of drug-likeness (QED) is 0.508. The summed E-state index contributed by atoms with van der Waals surface area (Å²) >= 11 is 0. The zero-order valence-electron chi connectivity index (χ0n) is 13.0. The number of alkyl halides is 1. The van der Waals surface area contributed by atoms with Gasteiger partial charge in [-0.1, -0.05) is 13.8 Å². The molecule has 0 fully saturated rings. The van der Waals surface area contributed by atoms with Gasteiger partial charge in [-0.05, 0) is 6.92 Å². The number of carbonyl (C=O) groups excluding carboxylic acids is 2. The van der Waals surface area contributed by atoms with Crippen molar-refractivity contribution >= 4 is 11.7 Å². The Morgan fingerprint density at radius 2 is 1.62 bits per heavy atom. The first-order chi connectivity index (χ1) is 9.93. The lowest BCUT2D eigenvalue weighted by molar-refractivity contribution is -0.124. The van der Waals surface area contributed by atoms with Crippen molar-refractivity contribution in [3.8, 4) is 0 Å². The molecule has 1 atom stereocenters.